The van der Waals surface area contributed by atoms with Gasteiger partial charge in [-0.15, -0.1) is 0 Å². The Hall–Kier alpha value is -3.41. The van der Waals surface area contributed by atoms with Gasteiger partial charge in [-0.05, 0) is 56.7 Å². The van der Waals surface area contributed by atoms with Crippen molar-refractivity contribution < 1.29 is 9.53 Å². The standard InChI is InChI=1S/C23H25N3O3/c1-4-26(5-2)17-13-11-16(12-14-17)15-18(23(28)29-6-3)21-22(27)25-20-10-8-7-9-19(20)24-21/h7-15H,4-6H2,1-3H3,(H,25,27)/b18-15-. The number of rotatable bonds is 7. The Balaban J connectivity index is 2.07. The van der Waals surface area contributed by atoms with E-state index in [9.17, 15) is 9.59 Å². The molecule has 0 aliphatic heterocycles. The molecule has 6 nitrogen and oxygen atoms in total. The van der Waals surface area contributed by atoms with Crippen molar-refractivity contribution in [3.05, 3.63) is 70.1 Å². The summed E-state index contributed by atoms with van der Waals surface area (Å²) in [5, 5.41) is 0. The molecule has 150 valence electrons. The maximum Gasteiger partial charge on any atom is 0.340 e. The van der Waals surface area contributed by atoms with Crippen molar-refractivity contribution in [1.82, 2.24) is 9.97 Å². The molecule has 0 atom stereocenters. The lowest BCUT2D eigenvalue weighted by molar-refractivity contribution is -0.136. The van der Waals surface area contributed by atoms with Crippen LogP contribution < -0.4 is 10.5 Å². The van der Waals surface area contributed by atoms with E-state index in [1.807, 2.05) is 36.4 Å². The van der Waals surface area contributed by atoms with Gasteiger partial charge < -0.3 is 14.6 Å². The number of ether oxygens (including phenoxy) is 1. The molecule has 6 heteroatoms. The number of carbonyl (C=O) groups is 1. The summed E-state index contributed by atoms with van der Waals surface area (Å²) in [4.78, 5) is 34.7. The van der Waals surface area contributed by atoms with Crippen LogP contribution in [0.2, 0.25) is 0 Å². The van der Waals surface area contributed by atoms with Crippen LogP contribution in [0.3, 0.4) is 0 Å². The van der Waals surface area contributed by atoms with E-state index in [0.717, 1.165) is 24.3 Å². The number of hydrogen-bond donors (Lipinski definition) is 1. The minimum absolute atomic E-state index is 0.0509. The highest BCUT2D eigenvalue weighted by atomic mass is 16.5. The van der Waals surface area contributed by atoms with Gasteiger partial charge in [-0.1, -0.05) is 24.3 Å². The van der Waals surface area contributed by atoms with Crippen LogP contribution in [-0.4, -0.2) is 35.6 Å². The van der Waals surface area contributed by atoms with Gasteiger partial charge in [0.2, 0.25) is 0 Å². The Labute approximate surface area is 169 Å². The number of anilines is 1. The summed E-state index contributed by atoms with van der Waals surface area (Å²) in [6, 6.07) is 15.0. The molecule has 0 spiro atoms. The second-order valence-electron chi connectivity index (χ2n) is 6.47. The molecule has 0 fully saturated rings. The summed E-state index contributed by atoms with van der Waals surface area (Å²) in [6.45, 7) is 7.98. The molecule has 0 saturated heterocycles. The highest BCUT2D eigenvalue weighted by Gasteiger charge is 2.19. The van der Waals surface area contributed by atoms with Crippen LogP contribution in [0, 0.1) is 0 Å². The number of nitrogens with one attached hydrogen (secondary N) is 1. The third kappa shape index (κ3) is 4.54. The number of esters is 1. The van der Waals surface area contributed by atoms with Crippen LogP contribution in [0.1, 0.15) is 32.0 Å². The second kappa shape index (κ2) is 9.19. The monoisotopic (exact) mass is 391 g/mol. The van der Waals surface area contributed by atoms with E-state index in [1.54, 1.807) is 25.1 Å². The SMILES string of the molecule is CCOC(=O)/C(=C\c1ccc(N(CC)CC)cc1)c1nc2ccccc2[nH]c1=O. The second-order valence-corrected chi connectivity index (χ2v) is 6.47. The summed E-state index contributed by atoms with van der Waals surface area (Å²) >= 11 is 0. The first-order chi connectivity index (χ1) is 14.1. The van der Waals surface area contributed by atoms with E-state index in [0.29, 0.717) is 11.0 Å². The third-order valence-corrected chi connectivity index (χ3v) is 4.68. The first kappa shape index (κ1) is 20.3. The number of aromatic amines is 1. The summed E-state index contributed by atoms with van der Waals surface area (Å²) in [5.74, 6) is -0.575. The number of benzene rings is 2. The van der Waals surface area contributed by atoms with E-state index in [2.05, 4.69) is 28.7 Å². The molecule has 29 heavy (non-hydrogen) atoms. The molecule has 0 bridgehead atoms. The van der Waals surface area contributed by atoms with Crippen molar-refractivity contribution in [2.75, 3.05) is 24.6 Å². The van der Waals surface area contributed by atoms with Crippen molar-refractivity contribution in [3.8, 4) is 0 Å². The molecule has 1 heterocycles. The van der Waals surface area contributed by atoms with Gasteiger partial charge in [-0.25, -0.2) is 9.78 Å². The highest BCUT2D eigenvalue weighted by molar-refractivity contribution is 6.21. The predicted molar refractivity (Wildman–Crippen MR) is 117 cm³/mol. The quantitative estimate of drug-likeness (QED) is 0.489. The van der Waals surface area contributed by atoms with Gasteiger partial charge in [0.1, 0.15) is 5.69 Å². The Kier molecular flexibility index (Phi) is 6.44. The van der Waals surface area contributed by atoms with Gasteiger partial charge in [0, 0.05) is 18.8 Å². The number of aromatic nitrogens is 2. The van der Waals surface area contributed by atoms with E-state index < -0.39 is 11.5 Å². The average Bonchev–Trinajstić information content (AvgIpc) is 2.74. The molecule has 3 rings (SSSR count). The number of para-hydroxylation sites is 2. The van der Waals surface area contributed by atoms with Crippen LogP contribution in [0.15, 0.2) is 53.3 Å². The Bertz CT molecular complexity index is 1080. The van der Waals surface area contributed by atoms with Gasteiger partial charge in [0.05, 0.1) is 23.2 Å². The first-order valence-corrected chi connectivity index (χ1v) is 9.80. The molecule has 0 aliphatic rings. The number of hydrogen-bond acceptors (Lipinski definition) is 5. The Morgan fingerprint density at radius 3 is 2.41 bits per heavy atom. The average molecular weight is 391 g/mol. The van der Waals surface area contributed by atoms with Crippen molar-refractivity contribution in [1.29, 1.82) is 0 Å². The van der Waals surface area contributed by atoms with Crippen molar-refractivity contribution in [2.45, 2.75) is 20.8 Å². The smallest absolute Gasteiger partial charge is 0.340 e. The van der Waals surface area contributed by atoms with Gasteiger partial charge in [-0.2, -0.15) is 0 Å². The highest BCUT2D eigenvalue weighted by Crippen LogP contribution is 2.21. The fraction of sp³-hybridized carbons (Fsp3) is 0.261. The number of nitrogens with zero attached hydrogens (tertiary/aromatic N) is 2. The van der Waals surface area contributed by atoms with E-state index in [-0.39, 0.29) is 17.9 Å². The van der Waals surface area contributed by atoms with Crippen LogP contribution in [0.5, 0.6) is 0 Å². The maximum atomic E-state index is 12.6. The van der Waals surface area contributed by atoms with Crippen molar-refractivity contribution >= 4 is 34.3 Å². The van der Waals surface area contributed by atoms with E-state index in [4.69, 9.17) is 4.74 Å². The van der Waals surface area contributed by atoms with Crippen LogP contribution >= 0.6 is 0 Å². The van der Waals surface area contributed by atoms with Gasteiger partial charge in [0.25, 0.3) is 5.56 Å². The van der Waals surface area contributed by atoms with E-state index in [1.165, 1.54) is 0 Å². The van der Waals surface area contributed by atoms with Crippen molar-refractivity contribution in [3.63, 3.8) is 0 Å². The molecule has 2 aromatic carbocycles. The van der Waals surface area contributed by atoms with Gasteiger partial charge in [-0.3, -0.25) is 4.79 Å². The minimum Gasteiger partial charge on any atom is -0.462 e. The zero-order valence-corrected chi connectivity index (χ0v) is 16.9. The summed E-state index contributed by atoms with van der Waals surface area (Å²) in [7, 11) is 0. The lowest BCUT2D eigenvalue weighted by Crippen LogP contribution is -2.21. The topological polar surface area (TPSA) is 75.3 Å². The van der Waals surface area contributed by atoms with Crippen LogP contribution in [-0.2, 0) is 9.53 Å². The summed E-state index contributed by atoms with van der Waals surface area (Å²) in [6.07, 6.45) is 1.65. The molecule has 0 radical (unpaired) electrons. The summed E-state index contributed by atoms with van der Waals surface area (Å²) < 4.78 is 5.19. The molecule has 0 amide bonds. The first-order valence-electron chi connectivity index (χ1n) is 9.80. The number of H-pyrrole nitrogens is 1. The molecular formula is C23H25N3O3. The zero-order chi connectivity index (χ0) is 20.8. The third-order valence-electron chi connectivity index (χ3n) is 4.68. The largest absolute Gasteiger partial charge is 0.462 e. The van der Waals surface area contributed by atoms with E-state index >= 15 is 0 Å². The molecule has 1 aromatic heterocycles. The maximum absolute atomic E-state index is 12.6. The van der Waals surface area contributed by atoms with Crippen LogP contribution in [0.4, 0.5) is 5.69 Å². The lowest BCUT2D eigenvalue weighted by atomic mass is 10.1. The van der Waals surface area contributed by atoms with Crippen LogP contribution in [0.25, 0.3) is 22.7 Å². The van der Waals surface area contributed by atoms with Gasteiger partial charge >= 0.3 is 5.97 Å². The normalized spacial score (nSPS) is 11.5. The molecule has 0 unspecified atom stereocenters. The molecule has 0 saturated carbocycles. The Morgan fingerprint density at radius 2 is 1.76 bits per heavy atom. The number of carbonyl (C=O) groups excluding carboxylic acids is 1. The van der Waals surface area contributed by atoms with Crippen molar-refractivity contribution in [2.24, 2.45) is 0 Å². The fourth-order valence-corrected chi connectivity index (χ4v) is 3.18. The molecule has 3 aromatic rings. The lowest BCUT2D eigenvalue weighted by Gasteiger charge is -2.20. The zero-order valence-electron chi connectivity index (χ0n) is 16.9. The van der Waals surface area contributed by atoms with Gasteiger partial charge in [0.15, 0.2) is 0 Å². The molecular weight excluding hydrogens is 366 g/mol. The summed E-state index contributed by atoms with van der Waals surface area (Å²) in [5.41, 5.74) is 2.87. The predicted octanol–water partition coefficient (Wildman–Crippen LogP) is 3.87. The molecule has 0 aliphatic carbocycles. The number of fused-ring (bicyclic) bond motifs is 1. The molecule has 1 N–H and O–H groups in total. The Morgan fingerprint density at radius 1 is 1.07 bits per heavy atom. The fourth-order valence-electron chi connectivity index (χ4n) is 3.18. The minimum atomic E-state index is -0.575.